The predicted octanol–water partition coefficient (Wildman–Crippen LogP) is 1.85. The number of hydrogen-bond donors (Lipinski definition) is 0. The maximum Gasteiger partial charge on any atom is 0.372 e. The maximum atomic E-state index is 11.1. The van der Waals surface area contributed by atoms with Crippen LogP contribution in [0.15, 0.2) is 24.3 Å². The number of rotatable bonds is 6. The van der Waals surface area contributed by atoms with Gasteiger partial charge in [-0.3, -0.25) is 9.78 Å². The van der Waals surface area contributed by atoms with Gasteiger partial charge in [0.1, 0.15) is 0 Å². The SMILES string of the molecule is C=CC(=O)OOOC(=O)C(C)=CCCC. The van der Waals surface area contributed by atoms with Crippen LogP contribution in [0.5, 0.6) is 0 Å². The fourth-order valence-corrected chi connectivity index (χ4v) is 0.625. The summed E-state index contributed by atoms with van der Waals surface area (Å²) < 4.78 is 0. The molecule has 0 fully saturated rings. The summed E-state index contributed by atoms with van der Waals surface area (Å²) in [5.74, 6) is -1.53. The van der Waals surface area contributed by atoms with Gasteiger partial charge in [-0.2, -0.15) is 0 Å². The van der Waals surface area contributed by atoms with Crippen LogP contribution in [0.25, 0.3) is 0 Å². The standard InChI is InChI=1S/C10H14O5/c1-4-6-7-8(3)10(12)14-15-13-9(11)5-2/h5,7H,2,4,6H2,1,3H3. The molecule has 5 nitrogen and oxygen atoms in total. The van der Waals surface area contributed by atoms with Crippen LogP contribution in [-0.2, 0) is 24.4 Å². The molecule has 0 aromatic carbocycles. The lowest BCUT2D eigenvalue weighted by Crippen LogP contribution is -2.09. The van der Waals surface area contributed by atoms with Crippen LogP contribution in [0.4, 0.5) is 0 Å². The first-order valence-electron chi connectivity index (χ1n) is 4.50. The van der Waals surface area contributed by atoms with Gasteiger partial charge in [0.05, 0.1) is 0 Å². The van der Waals surface area contributed by atoms with Gasteiger partial charge in [0.25, 0.3) is 0 Å². The van der Waals surface area contributed by atoms with E-state index in [1.54, 1.807) is 13.0 Å². The molecule has 0 spiro atoms. The number of unbranched alkanes of at least 4 members (excludes halogenated alkanes) is 1. The van der Waals surface area contributed by atoms with Crippen molar-refractivity contribution in [1.29, 1.82) is 0 Å². The van der Waals surface area contributed by atoms with Crippen LogP contribution < -0.4 is 0 Å². The van der Waals surface area contributed by atoms with E-state index in [1.807, 2.05) is 6.92 Å². The van der Waals surface area contributed by atoms with E-state index in [0.717, 1.165) is 18.9 Å². The Hall–Kier alpha value is -1.62. The van der Waals surface area contributed by atoms with Crippen molar-refractivity contribution in [2.45, 2.75) is 26.7 Å². The zero-order chi connectivity index (χ0) is 11.7. The van der Waals surface area contributed by atoms with Gasteiger partial charge in [-0.15, -0.1) is 0 Å². The van der Waals surface area contributed by atoms with Gasteiger partial charge in [0, 0.05) is 16.7 Å². The third-order valence-corrected chi connectivity index (χ3v) is 1.45. The highest BCUT2D eigenvalue weighted by atomic mass is 17.5. The predicted molar refractivity (Wildman–Crippen MR) is 52.1 cm³/mol. The Morgan fingerprint density at radius 2 is 2.00 bits per heavy atom. The van der Waals surface area contributed by atoms with E-state index in [1.165, 1.54) is 0 Å². The van der Waals surface area contributed by atoms with Crippen molar-refractivity contribution in [2.75, 3.05) is 0 Å². The monoisotopic (exact) mass is 214 g/mol. The zero-order valence-electron chi connectivity index (χ0n) is 8.82. The second-order valence-corrected chi connectivity index (χ2v) is 2.72. The fourth-order valence-electron chi connectivity index (χ4n) is 0.625. The van der Waals surface area contributed by atoms with Crippen LogP contribution in [-0.4, -0.2) is 11.9 Å². The number of carbonyl (C=O) groups excluding carboxylic acids is 2. The van der Waals surface area contributed by atoms with Gasteiger partial charge >= 0.3 is 11.9 Å². The topological polar surface area (TPSA) is 61.8 Å². The van der Waals surface area contributed by atoms with Crippen molar-refractivity contribution >= 4 is 11.9 Å². The van der Waals surface area contributed by atoms with Gasteiger partial charge < -0.3 is 0 Å². The van der Waals surface area contributed by atoms with Gasteiger partial charge in [-0.1, -0.05) is 26.0 Å². The lowest BCUT2D eigenvalue weighted by molar-refractivity contribution is -0.456. The van der Waals surface area contributed by atoms with Gasteiger partial charge in [-0.05, 0) is 13.3 Å². The molecule has 0 aromatic rings. The van der Waals surface area contributed by atoms with E-state index >= 15 is 0 Å². The molecular formula is C10H14O5. The molecule has 0 amide bonds. The minimum Gasteiger partial charge on any atom is -0.255 e. The van der Waals surface area contributed by atoms with E-state index in [2.05, 4.69) is 21.4 Å². The molecule has 84 valence electrons. The number of allylic oxidation sites excluding steroid dienone is 1. The van der Waals surface area contributed by atoms with Crippen molar-refractivity contribution in [3.63, 3.8) is 0 Å². The van der Waals surface area contributed by atoms with Crippen molar-refractivity contribution in [1.82, 2.24) is 0 Å². The molecule has 0 unspecified atom stereocenters. The quantitative estimate of drug-likeness (QED) is 0.383. The molecule has 0 N–H and O–H groups in total. The number of carbonyl (C=O) groups is 2. The molecule has 0 saturated heterocycles. The van der Waals surface area contributed by atoms with Crippen molar-refractivity contribution in [3.05, 3.63) is 24.3 Å². The molecule has 0 radical (unpaired) electrons. The Morgan fingerprint density at radius 3 is 2.53 bits per heavy atom. The minimum absolute atomic E-state index is 0.395. The highest BCUT2D eigenvalue weighted by molar-refractivity contribution is 5.87. The van der Waals surface area contributed by atoms with Crippen LogP contribution in [0.3, 0.4) is 0 Å². The Balaban J connectivity index is 3.83. The van der Waals surface area contributed by atoms with E-state index in [-0.39, 0.29) is 0 Å². The molecule has 15 heavy (non-hydrogen) atoms. The largest absolute Gasteiger partial charge is 0.372 e. The fraction of sp³-hybridized carbons (Fsp3) is 0.400. The average Bonchev–Trinajstić information content (AvgIpc) is 2.25. The van der Waals surface area contributed by atoms with E-state index in [9.17, 15) is 9.59 Å². The van der Waals surface area contributed by atoms with Crippen molar-refractivity contribution in [3.8, 4) is 0 Å². The van der Waals surface area contributed by atoms with Crippen LogP contribution in [0, 0.1) is 0 Å². The first-order valence-corrected chi connectivity index (χ1v) is 4.50. The second kappa shape index (κ2) is 7.75. The Morgan fingerprint density at radius 1 is 1.33 bits per heavy atom. The molecule has 0 rings (SSSR count). The second-order valence-electron chi connectivity index (χ2n) is 2.72. The summed E-state index contributed by atoms with van der Waals surface area (Å²) in [6.07, 6.45) is 4.29. The van der Waals surface area contributed by atoms with Crippen LogP contribution in [0.2, 0.25) is 0 Å². The molecule has 0 aliphatic rings. The molecule has 0 aliphatic heterocycles. The summed E-state index contributed by atoms with van der Waals surface area (Å²) >= 11 is 0. The highest BCUT2D eigenvalue weighted by Crippen LogP contribution is 2.01. The zero-order valence-corrected chi connectivity index (χ0v) is 8.82. The van der Waals surface area contributed by atoms with Gasteiger partial charge in [-0.25, -0.2) is 9.59 Å². The third kappa shape index (κ3) is 6.45. The van der Waals surface area contributed by atoms with Crippen molar-refractivity contribution < 1.29 is 24.4 Å². The highest BCUT2D eigenvalue weighted by Gasteiger charge is 2.08. The summed E-state index contributed by atoms with van der Waals surface area (Å²) in [6.45, 7) is 6.69. The van der Waals surface area contributed by atoms with Crippen molar-refractivity contribution in [2.24, 2.45) is 0 Å². The van der Waals surface area contributed by atoms with E-state index < -0.39 is 11.9 Å². The van der Waals surface area contributed by atoms with Crippen LogP contribution >= 0.6 is 0 Å². The molecular weight excluding hydrogens is 200 g/mol. The smallest absolute Gasteiger partial charge is 0.255 e. The minimum atomic E-state index is -0.835. The summed E-state index contributed by atoms with van der Waals surface area (Å²) in [5.41, 5.74) is 0.395. The first-order chi connectivity index (χ1) is 7.11. The Kier molecular flexibility index (Phi) is 6.92. The maximum absolute atomic E-state index is 11.1. The molecule has 0 heterocycles. The normalized spacial score (nSPS) is 10.7. The van der Waals surface area contributed by atoms with E-state index in [0.29, 0.717) is 5.57 Å². The molecule has 0 aromatic heterocycles. The molecule has 0 bridgehead atoms. The first kappa shape index (κ1) is 13.4. The van der Waals surface area contributed by atoms with Crippen LogP contribution in [0.1, 0.15) is 26.7 Å². The Bertz CT molecular complexity index is 267. The summed E-state index contributed by atoms with van der Waals surface area (Å²) in [6, 6.07) is 0. The summed E-state index contributed by atoms with van der Waals surface area (Å²) in [7, 11) is 0. The lowest BCUT2D eigenvalue weighted by Gasteiger charge is -2.00. The van der Waals surface area contributed by atoms with Gasteiger partial charge in [0.2, 0.25) is 0 Å². The third-order valence-electron chi connectivity index (χ3n) is 1.45. The van der Waals surface area contributed by atoms with Gasteiger partial charge in [0.15, 0.2) is 0 Å². The molecule has 5 heteroatoms. The lowest BCUT2D eigenvalue weighted by atomic mass is 10.2. The van der Waals surface area contributed by atoms with E-state index in [4.69, 9.17) is 0 Å². The molecule has 0 aliphatic carbocycles. The summed E-state index contributed by atoms with van der Waals surface area (Å²) in [5, 5.41) is 3.94. The average molecular weight is 214 g/mol. The molecule has 0 atom stereocenters. The Labute approximate surface area is 88.2 Å². The summed E-state index contributed by atoms with van der Waals surface area (Å²) in [4.78, 5) is 29.7. The molecule has 0 saturated carbocycles. The number of hydrogen-bond acceptors (Lipinski definition) is 5.